The van der Waals surface area contributed by atoms with E-state index in [1.54, 1.807) is 6.07 Å². The summed E-state index contributed by atoms with van der Waals surface area (Å²) >= 11 is 0. The molecule has 2 aromatic rings. The van der Waals surface area contributed by atoms with Gasteiger partial charge < -0.3 is 10.3 Å². The average Bonchev–Trinajstić information content (AvgIpc) is 2.84. The van der Waals surface area contributed by atoms with Gasteiger partial charge in [-0.15, -0.1) is 0 Å². The maximum absolute atomic E-state index is 5.52. The highest BCUT2D eigenvalue weighted by Crippen LogP contribution is 2.28. The second-order valence-corrected chi connectivity index (χ2v) is 3.95. The first-order valence-electron chi connectivity index (χ1n) is 5.17. The fourth-order valence-corrected chi connectivity index (χ4v) is 2.15. The van der Waals surface area contributed by atoms with Crippen LogP contribution >= 0.6 is 0 Å². The number of benzene rings is 1. The predicted octanol–water partition coefficient (Wildman–Crippen LogP) is 2.41. The van der Waals surface area contributed by atoms with E-state index in [1.165, 1.54) is 30.4 Å². The minimum atomic E-state index is 0.436. The van der Waals surface area contributed by atoms with Gasteiger partial charge in [-0.2, -0.15) is 0 Å². The van der Waals surface area contributed by atoms with Crippen LogP contribution in [-0.4, -0.2) is 5.16 Å². The molecule has 0 spiro atoms. The number of hydrogen-bond acceptors (Lipinski definition) is 3. The van der Waals surface area contributed by atoms with Crippen LogP contribution in [0, 0.1) is 0 Å². The van der Waals surface area contributed by atoms with Crippen molar-refractivity contribution in [2.75, 3.05) is 5.73 Å². The van der Waals surface area contributed by atoms with Crippen LogP contribution < -0.4 is 5.73 Å². The lowest BCUT2D eigenvalue weighted by atomic mass is 10.1. The van der Waals surface area contributed by atoms with Crippen LogP contribution in [-0.2, 0) is 12.8 Å². The predicted molar refractivity (Wildman–Crippen MR) is 58.4 cm³/mol. The number of nitrogens with zero attached hydrogens (tertiary/aromatic N) is 1. The van der Waals surface area contributed by atoms with Crippen molar-refractivity contribution in [2.45, 2.75) is 19.3 Å². The Morgan fingerprint density at radius 2 is 2.00 bits per heavy atom. The van der Waals surface area contributed by atoms with E-state index < -0.39 is 0 Å². The summed E-state index contributed by atoms with van der Waals surface area (Å²) < 4.78 is 5.14. The Balaban J connectivity index is 2.06. The highest BCUT2D eigenvalue weighted by Gasteiger charge is 2.13. The normalized spacial score (nSPS) is 14.1. The number of rotatable bonds is 1. The molecular formula is C12H12N2O. The third-order valence-corrected chi connectivity index (χ3v) is 2.91. The van der Waals surface area contributed by atoms with Gasteiger partial charge in [0.2, 0.25) is 0 Å². The van der Waals surface area contributed by atoms with Crippen molar-refractivity contribution in [1.29, 1.82) is 0 Å². The molecule has 76 valence electrons. The second-order valence-electron chi connectivity index (χ2n) is 3.95. The van der Waals surface area contributed by atoms with Crippen molar-refractivity contribution in [3.05, 3.63) is 35.4 Å². The zero-order valence-corrected chi connectivity index (χ0v) is 8.36. The zero-order chi connectivity index (χ0) is 10.3. The molecule has 0 saturated heterocycles. The van der Waals surface area contributed by atoms with Gasteiger partial charge in [-0.1, -0.05) is 17.3 Å². The number of anilines is 1. The van der Waals surface area contributed by atoms with E-state index in [0.717, 1.165) is 11.3 Å². The van der Waals surface area contributed by atoms with E-state index >= 15 is 0 Å². The SMILES string of the molecule is Nc1cc(-c2ccc3c(c2)CCC3)on1. The molecule has 2 N–H and O–H groups in total. The minimum Gasteiger partial charge on any atom is -0.381 e. The van der Waals surface area contributed by atoms with Gasteiger partial charge in [0.15, 0.2) is 11.6 Å². The van der Waals surface area contributed by atoms with Gasteiger partial charge in [0.25, 0.3) is 0 Å². The van der Waals surface area contributed by atoms with Crippen molar-refractivity contribution in [1.82, 2.24) is 5.16 Å². The summed E-state index contributed by atoms with van der Waals surface area (Å²) in [5.74, 6) is 1.19. The van der Waals surface area contributed by atoms with Gasteiger partial charge in [0, 0.05) is 11.6 Å². The fourth-order valence-electron chi connectivity index (χ4n) is 2.15. The quantitative estimate of drug-likeness (QED) is 0.769. The molecule has 1 heterocycles. The molecule has 1 aromatic carbocycles. The molecule has 3 nitrogen and oxygen atoms in total. The van der Waals surface area contributed by atoms with Crippen LogP contribution in [0.25, 0.3) is 11.3 Å². The number of hydrogen-bond donors (Lipinski definition) is 1. The molecule has 1 aliphatic rings. The molecule has 0 saturated carbocycles. The van der Waals surface area contributed by atoms with Crippen molar-refractivity contribution in [3.8, 4) is 11.3 Å². The van der Waals surface area contributed by atoms with Gasteiger partial charge in [0.1, 0.15) is 0 Å². The van der Waals surface area contributed by atoms with Crippen LogP contribution in [0.1, 0.15) is 17.5 Å². The van der Waals surface area contributed by atoms with Crippen LogP contribution in [0.2, 0.25) is 0 Å². The Bertz CT molecular complexity index is 502. The van der Waals surface area contributed by atoms with Gasteiger partial charge in [-0.25, -0.2) is 0 Å². The van der Waals surface area contributed by atoms with E-state index in [9.17, 15) is 0 Å². The molecule has 1 aliphatic carbocycles. The molecule has 0 bridgehead atoms. The highest BCUT2D eigenvalue weighted by atomic mass is 16.5. The van der Waals surface area contributed by atoms with E-state index in [0.29, 0.717) is 5.82 Å². The highest BCUT2D eigenvalue weighted by molar-refractivity contribution is 5.62. The van der Waals surface area contributed by atoms with Crippen LogP contribution in [0.4, 0.5) is 5.82 Å². The third kappa shape index (κ3) is 1.40. The smallest absolute Gasteiger partial charge is 0.169 e. The summed E-state index contributed by atoms with van der Waals surface area (Å²) in [5.41, 5.74) is 9.49. The fraction of sp³-hybridized carbons (Fsp3) is 0.250. The molecule has 0 atom stereocenters. The Morgan fingerprint density at radius 1 is 1.13 bits per heavy atom. The van der Waals surface area contributed by atoms with E-state index in [-0.39, 0.29) is 0 Å². The summed E-state index contributed by atoms with van der Waals surface area (Å²) in [6.07, 6.45) is 3.64. The standard InChI is InChI=1S/C12H12N2O/c13-12-7-11(15-14-12)10-5-4-8-2-1-3-9(8)6-10/h4-7H,1-3H2,(H2,13,14). The monoisotopic (exact) mass is 200 g/mol. The number of fused-ring (bicyclic) bond motifs is 1. The van der Waals surface area contributed by atoms with Gasteiger partial charge in [-0.3, -0.25) is 0 Å². The maximum Gasteiger partial charge on any atom is 0.169 e. The number of nitrogens with two attached hydrogens (primary N) is 1. The summed E-state index contributed by atoms with van der Waals surface area (Å²) in [6.45, 7) is 0. The Kier molecular flexibility index (Phi) is 1.78. The van der Waals surface area contributed by atoms with Crippen LogP contribution in [0.5, 0.6) is 0 Å². The lowest BCUT2D eigenvalue weighted by Gasteiger charge is -2.00. The van der Waals surface area contributed by atoms with Crippen molar-refractivity contribution >= 4 is 5.82 Å². The maximum atomic E-state index is 5.52. The van der Waals surface area contributed by atoms with Crippen molar-refractivity contribution < 1.29 is 4.52 Å². The minimum absolute atomic E-state index is 0.436. The van der Waals surface area contributed by atoms with E-state index in [4.69, 9.17) is 10.3 Å². The first-order chi connectivity index (χ1) is 7.33. The Labute approximate surface area is 87.9 Å². The first-order valence-corrected chi connectivity index (χ1v) is 5.17. The van der Waals surface area contributed by atoms with Crippen LogP contribution in [0.15, 0.2) is 28.8 Å². The summed E-state index contributed by atoms with van der Waals surface area (Å²) in [5, 5.41) is 3.69. The lowest BCUT2D eigenvalue weighted by molar-refractivity contribution is 0.436. The van der Waals surface area contributed by atoms with Crippen molar-refractivity contribution in [2.24, 2.45) is 0 Å². The van der Waals surface area contributed by atoms with Gasteiger partial charge in [-0.05, 0) is 36.5 Å². The molecule has 1 aromatic heterocycles. The molecule has 0 fully saturated rings. The number of nitrogen functional groups attached to an aromatic ring is 1. The molecule has 0 radical (unpaired) electrons. The summed E-state index contributed by atoms with van der Waals surface area (Å²) in [7, 11) is 0. The van der Waals surface area contributed by atoms with Gasteiger partial charge >= 0.3 is 0 Å². The summed E-state index contributed by atoms with van der Waals surface area (Å²) in [4.78, 5) is 0. The first kappa shape index (κ1) is 8.53. The number of aromatic nitrogens is 1. The third-order valence-electron chi connectivity index (χ3n) is 2.91. The zero-order valence-electron chi connectivity index (χ0n) is 8.36. The van der Waals surface area contributed by atoms with Crippen molar-refractivity contribution in [3.63, 3.8) is 0 Å². The van der Waals surface area contributed by atoms with E-state index in [1.807, 2.05) is 0 Å². The second kappa shape index (κ2) is 3.12. The lowest BCUT2D eigenvalue weighted by Crippen LogP contribution is -1.83. The van der Waals surface area contributed by atoms with Crippen LogP contribution in [0.3, 0.4) is 0 Å². The average molecular weight is 200 g/mol. The Morgan fingerprint density at radius 3 is 2.80 bits per heavy atom. The largest absolute Gasteiger partial charge is 0.381 e. The molecule has 15 heavy (non-hydrogen) atoms. The number of aryl methyl sites for hydroxylation is 2. The molecule has 3 heteroatoms. The molecule has 0 amide bonds. The van der Waals surface area contributed by atoms with E-state index in [2.05, 4.69) is 23.4 Å². The molecular weight excluding hydrogens is 188 g/mol. The van der Waals surface area contributed by atoms with Gasteiger partial charge in [0.05, 0.1) is 0 Å². The summed E-state index contributed by atoms with van der Waals surface area (Å²) in [6, 6.07) is 8.19. The molecule has 0 unspecified atom stereocenters. The topological polar surface area (TPSA) is 52.0 Å². The molecule has 3 rings (SSSR count). The Hall–Kier alpha value is -1.77. The molecule has 0 aliphatic heterocycles.